The Bertz CT molecular complexity index is 451. The van der Waals surface area contributed by atoms with E-state index >= 15 is 0 Å². The number of rotatable bonds is 7. The minimum atomic E-state index is -2.56. The van der Waals surface area contributed by atoms with E-state index in [2.05, 4.69) is 10.1 Å². The number of hydrogen-bond acceptors (Lipinski definition) is 3. The first kappa shape index (κ1) is 15.0. The molecule has 7 heteroatoms. The summed E-state index contributed by atoms with van der Waals surface area (Å²) in [5, 5.41) is 11.2. The van der Waals surface area contributed by atoms with Crippen LogP contribution in [0.25, 0.3) is 0 Å². The molecule has 0 fully saturated rings. The molecular weight excluding hydrogens is 260 g/mol. The zero-order chi connectivity index (χ0) is 14.3. The van der Waals surface area contributed by atoms with Gasteiger partial charge in [-0.2, -0.15) is 0 Å². The van der Waals surface area contributed by atoms with Gasteiger partial charge in [-0.1, -0.05) is 6.07 Å². The largest absolute Gasteiger partial charge is 0.478 e. The quantitative estimate of drug-likeness (QED) is 0.745. The van der Waals surface area contributed by atoms with Crippen molar-refractivity contribution in [2.75, 3.05) is 18.5 Å². The number of carboxylic acids is 1. The van der Waals surface area contributed by atoms with Crippen LogP contribution in [-0.4, -0.2) is 36.6 Å². The Morgan fingerprint density at radius 3 is 2.74 bits per heavy atom. The van der Waals surface area contributed by atoms with Gasteiger partial charge in [0.15, 0.2) is 0 Å². The van der Waals surface area contributed by atoms with Gasteiger partial charge in [-0.3, -0.25) is 4.79 Å². The van der Waals surface area contributed by atoms with Crippen LogP contribution >= 0.6 is 0 Å². The molecule has 0 bridgehead atoms. The molecular formula is C12H13F2NO4. The van der Waals surface area contributed by atoms with Crippen LogP contribution in [-0.2, 0) is 9.53 Å². The number of hydrogen-bond donors (Lipinski definition) is 2. The molecule has 0 radical (unpaired) electrons. The molecule has 1 aromatic carbocycles. The summed E-state index contributed by atoms with van der Waals surface area (Å²) in [6.45, 7) is -0.823. The van der Waals surface area contributed by atoms with Crippen molar-refractivity contribution in [3.05, 3.63) is 29.8 Å². The van der Waals surface area contributed by atoms with E-state index in [9.17, 15) is 18.4 Å². The fraction of sp³-hybridized carbons (Fsp3) is 0.333. The zero-order valence-electron chi connectivity index (χ0n) is 9.94. The standard InChI is InChI=1S/C12H13F2NO4/c13-10(14)7-19-5-4-11(16)15-9-3-1-2-8(6-9)12(17)18/h1-3,6,10H,4-5,7H2,(H,15,16)(H,17,18). The van der Waals surface area contributed by atoms with Gasteiger partial charge in [0.2, 0.25) is 5.91 Å². The highest BCUT2D eigenvalue weighted by Crippen LogP contribution is 2.11. The fourth-order valence-corrected chi connectivity index (χ4v) is 1.29. The molecule has 1 aromatic rings. The van der Waals surface area contributed by atoms with Gasteiger partial charge in [0.05, 0.1) is 18.6 Å². The van der Waals surface area contributed by atoms with E-state index in [0.717, 1.165) is 0 Å². The Labute approximate surface area is 108 Å². The van der Waals surface area contributed by atoms with Crippen LogP contribution in [0.4, 0.5) is 14.5 Å². The van der Waals surface area contributed by atoms with Crippen LogP contribution in [0.15, 0.2) is 24.3 Å². The smallest absolute Gasteiger partial charge is 0.335 e. The van der Waals surface area contributed by atoms with Crippen molar-refractivity contribution < 1.29 is 28.2 Å². The molecule has 0 atom stereocenters. The fourth-order valence-electron chi connectivity index (χ4n) is 1.29. The van der Waals surface area contributed by atoms with Crippen molar-refractivity contribution in [3.8, 4) is 0 Å². The number of carbonyl (C=O) groups is 2. The summed E-state index contributed by atoms with van der Waals surface area (Å²) < 4.78 is 28.1. The topological polar surface area (TPSA) is 75.6 Å². The van der Waals surface area contributed by atoms with Gasteiger partial charge in [0.1, 0.15) is 6.61 Å². The Morgan fingerprint density at radius 1 is 1.37 bits per heavy atom. The molecule has 1 rings (SSSR count). The molecule has 0 aromatic heterocycles. The Kier molecular flexibility index (Phi) is 5.87. The summed E-state index contributed by atoms with van der Waals surface area (Å²) in [6, 6.07) is 5.72. The highest BCUT2D eigenvalue weighted by Gasteiger charge is 2.07. The third-order valence-electron chi connectivity index (χ3n) is 2.11. The van der Waals surface area contributed by atoms with Gasteiger partial charge in [-0.25, -0.2) is 13.6 Å². The van der Waals surface area contributed by atoms with E-state index in [0.29, 0.717) is 5.69 Å². The number of halogens is 2. The molecule has 0 saturated heterocycles. The van der Waals surface area contributed by atoms with Crippen molar-refractivity contribution in [1.29, 1.82) is 0 Å². The predicted molar refractivity (Wildman–Crippen MR) is 63.5 cm³/mol. The molecule has 0 spiro atoms. The lowest BCUT2D eigenvalue weighted by molar-refractivity contribution is -0.117. The summed E-state index contributed by atoms with van der Waals surface area (Å²) >= 11 is 0. The molecule has 5 nitrogen and oxygen atoms in total. The first-order valence-corrected chi connectivity index (χ1v) is 5.48. The number of alkyl halides is 2. The van der Waals surface area contributed by atoms with E-state index in [-0.39, 0.29) is 18.6 Å². The van der Waals surface area contributed by atoms with Crippen LogP contribution in [0.3, 0.4) is 0 Å². The average molecular weight is 273 g/mol. The second-order valence-electron chi connectivity index (χ2n) is 3.65. The molecule has 0 aliphatic heterocycles. The second-order valence-corrected chi connectivity index (χ2v) is 3.65. The van der Waals surface area contributed by atoms with Gasteiger partial charge in [0, 0.05) is 5.69 Å². The normalized spacial score (nSPS) is 10.5. The maximum absolute atomic E-state index is 11.7. The molecule has 2 N–H and O–H groups in total. The minimum absolute atomic E-state index is 0.0479. The number of carbonyl (C=O) groups excluding carboxylic acids is 1. The maximum Gasteiger partial charge on any atom is 0.335 e. The zero-order valence-corrected chi connectivity index (χ0v) is 9.94. The molecule has 0 unspecified atom stereocenters. The molecule has 104 valence electrons. The van der Waals surface area contributed by atoms with E-state index in [1.165, 1.54) is 24.3 Å². The van der Waals surface area contributed by atoms with Crippen molar-refractivity contribution >= 4 is 17.6 Å². The Balaban J connectivity index is 2.40. The van der Waals surface area contributed by atoms with Crippen molar-refractivity contribution in [3.63, 3.8) is 0 Å². The highest BCUT2D eigenvalue weighted by molar-refractivity contribution is 5.93. The second kappa shape index (κ2) is 7.42. The number of carboxylic acid groups (broad SMARTS) is 1. The monoisotopic (exact) mass is 273 g/mol. The van der Waals surface area contributed by atoms with Gasteiger partial charge in [0.25, 0.3) is 6.43 Å². The number of amides is 1. The Morgan fingerprint density at radius 2 is 2.11 bits per heavy atom. The number of benzene rings is 1. The highest BCUT2D eigenvalue weighted by atomic mass is 19.3. The Hall–Kier alpha value is -2.02. The summed E-state index contributed by atoms with van der Waals surface area (Å²) in [4.78, 5) is 22.1. The van der Waals surface area contributed by atoms with E-state index in [1.807, 2.05) is 0 Å². The third-order valence-corrected chi connectivity index (χ3v) is 2.11. The molecule has 0 aliphatic rings. The van der Waals surface area contributed by atoms with Crippen LogP contribution in [0, 0.1) is 0 Å². The van der Waals surface area contributed by atoms with Gasteiger partial charge >= 0.3 is 5.97 Å². The van der Waals surface area contributed by atoms with Gasteiger partial charge in [-0.15, -0.1) is 0 Å². The van der Waals surface area contributed by atoms with Crippen LogP contribution in [0.5, 0.6) is 0 Å². The van der Waals surface area contributed by atoms with Crippen molar-refractivity contribution in [1.82, 2.24) is 0 Å². The minimum Gasteiger partial charge on any atom is -0.478 e. The van der Waals surface area contributed by atoms with E-state index < -0.39 is 24.9 Å². The van der Waals surface area contributed by atoms with Crippen LogP contribution in [0.1, 0.15) is 16.8 Å². The number of nitrogens with one attached hydrogen (secondary N) is 1. The first-order chi connectivity index (χ1) is 8.99. The SMILES string of the molecule is O=C(CCOCC(F)F)Nc1cccc(C(=O)O)c1. The average Bonchev–Trinajstić information content (AvgIpc) is 2.34. The molecule has 19 heavy (non-hydrogen) atoms. The maximum atomic E-state index is 11.7. The number of aromatic carboxylic acids is 1. The van der Waals surface area contributed by atoms with Crippen molar-refractivity contribution in [2.45, 2.75) is 12.8 Å². The lowest BCUT2D eigenvalue weighted by Crippen LogP contribution is -2.16. The number of ether oxygens (including phenoxy) is 1. The first-order valence-electron chi connectivity index (χ1n) is 5.48. The summed E-state index contributed by atoms with van der Waals surface area (Å²) in [5.74, 6) is -1.53. The third kappa shape index (κ3) is 5.91. The van der Waals surface area contributed by atoms with Gasteiger partial charge < -0.3 is 15.2 Å². The molecule has 0 saturated carbocycles. The van der Waals surface area contributed by atoms with Crippen LogP contribution < -0.4 is 5.32 Å². The molecule has 0 heterocycles. The lowest BCUT2D eigenvalue weighted by atomic mass is 10.2. The molecule has 1 amide bonds. The lowest BCUT2D eigenvalue weighted by Gasteiger charge is -2.06. The number of anilines is 1. The van der Waals surface area contributed by atoms with E-state index in [1.54, 1.807) is 0 Å². The van der Waals surface area contributed by atoms with Crippen molar-refractivity contribution in [2.24, 2.45) is 0 Å². The van der Waals surface area contributed by atoms with Gasteiger partial charge in [-0.05, 0) is 18.2 Å². The van der Waals surface area contributed by atoms with E-state index in [4.69, 9.17) is 5.11 Å². The summed E-state index contributed by atoms with van der Waals surface area (Å²) in [7, 11) is 0. The van der Waals surface area contributed by atoms with Crippen LogP contribution in [0.2, 0.25) is 0 Å². The predicted octanol–water partition coefficient (Wildman–Crippen LogP) is 2.00. The molecule has 0 aliphatic carbocycles. The summed E-state index contributed by atoms with van der Waals surface area (Å²) in [6.07, 6.45) is -2.64. The summed E-state index contributed by atoms with van der Waals surface area (Å²) in [5.41, 5.74) is 0.380.